The van der Waals surface area contributed by atoms with Gasteiger partial charge in [0.2, 0.25) is 0 Å². The van der Waals surface area contributed by atoms with Crippen LogP contribution in [0.15, 0.2) is 24.3 Å². The van der Waals surface area contributed by atoms with Crippen molar-refractivity contribution in [3.63, 3.8) is 0 Å². The van der Waals surface area contributed by atoms with Gasteiger partial charge in [0.15, 0.2) is 0 Å². The molecule has 1 aromatic carbocycles. The van der Waals surface area contributed by atoms with E-state index in [4.69, 9.17) is 0 Å². The van der Waals surface area contributed by atoms with Gasteiger partial charge in [-0.1, -0.05) is 45.0 Å². The molecule has 1 unspecified atom stereocenters. The first-order chi connectivity index (χ1) is 9.54. The molecule has 1 atom stereocenters. The topological polar surface area (TPSA) is 32.3 Å². The summed E-state index contributed by atoms with van der Waals surface area (Å²) in [5, 5.41) is 13.9. The molecule has 2 nitrogen and oxygen atoms in total. The van der Waals surface area contributed by atoms with Crippen molar-refractivity contribution in [3.05, 3.63) is 35.4 Å². The molecule has 112 valence electrons. The largest absolute Gasteiger partial charge is 0.387 e. The fourth-order valence-electron chi connectivity index (χ4n) is 3.04. The maximum atomic E-state index is 10.3. The summed E-state index contributed by atoms with van der Waals surface area (Å²) in [5.74, 6) is 0.676. The number of rotatable bonds is 7. The zero-order chi connectivity index (χ0) is 14.6. The van der Waals surface area contributed by atoms with Crippen LogP contribution in [-0.4, -0.2) is 17.2 Å². The average molecular weight is 275 g/mol. The van der Waals surface area contributed by atoms with Crippen LogP contribution in [0.4, 0.5) is 0 Å². The second-order valence-electron chi connectivity index (χ2n) is 6.72. The minimum Gasteiger partial charge on any atom is -0.387 e. The molecule has 2 rings (SSSR count). The van der Waals surface area contributed by atoms with E-state index in [0.29, 0.717) is 18.0 Å². The Kier molecular flexibility index (Phi) is 5.22. The second kappa shape index (κ2) is 6.73. The summed E-state index contributed by atoms with van der Waals surface area (Å²) in [4.78, 5) is 0. The highest BCUT2D eigenvalue weighted by Crippen LogP contribution is 2.34. The van der Waals surface area contributed by atoms with Gasteiger partial charge in [-0.3, -0.25) is 0 Å². The lowest BCUT2D eigenvalue weighted by Gasteiger charge is -2.42. The van der Waals surface area contributed by atoms with Crippen LogP contribution in [0.2, 0.25) is 0 Å². The van der Waals surface area contributed by atoms with Gasteiger partial charge in [-0.2, -0.15) is 0 Å². The van der Waals surface area contributed by atoms with Gasteiger partial charge >= 0.3 is 0 Å². The molecule has 0 saturated heterocycles. The number of benzene rings is 1. The number of nitrogens with one attached hydrogen (secondary N) is 1. The molecule has 0 aliphatic heterocycles. The quantitative estimate of drug-likeness (QED) is 0.792. The van der Waals surface area contributed by atoms with Crippen LogP contribution >= 0.6 is 0 Å². The highest BCUT2D eigenvalue weighted by molar-refractivity contribution is 5.24. The molecule has 2 heteroatoms. The van der Waals surface area contributed by atoms with Crippen LogP contribution < -0.4 is 5.32 Å². The molecule has 0 radical (unpaired) electrons. The molecule has 0 aromatic heterocycles. The fourth-order valence-corrected chi connectivity index (χ4v) is 3.04. The lowest BCUT2D eigenvalue weighted by atomic mass is 9.75. The SMILES string of the molecule is CCC1(NCC(O)c2ccc(CC(C)C)cc2)CCC1. The Bertz CT molecular complexity index is 400. The Balaban J connectivity index is 1.87. The van der Waals surface area contributed by atoms with Crippen molar-refractivity contribution in [1.29, 1.82) is 0 Å². The standard InChI is InChI=1S/C18H29NO/c1-4-18(10-5-11-18)19-13-17(20)16-8-6-15(7-9-16)12-14(2)3/h6-9,14,17,19-20H,4-5,10-13H2,1-3H3. The van der Waals surface area contributed by atoms with Gasteiger partial charge < -0.3 is 10.4 Å². The van der Waals surface area contributed by atoms with Crippen molar-refractivity contribution in [3.8, 4) is 0 Å². The highest BCUT2D eigenvalue weighted by atomic mass is 16.3. The van der Waals surface area contributed by atoms with E-state index in [1.54, 1.807) is 0 Å². The van der Waals surface area contributed by atoms with E-state index in [2.05, 4.69) is 50.4 Å². The molecule has 0 spiro atoms. The van der Waals surface area contributed by atoms with E-state index >= 15 is 0 Å². The van der Waals surface area contributed by atoms with Gasteiger partial charge in [-0.25, -0.2) is 0 Å². The van der Waals surface area contributed by atoms with Gasteiger partial charge in [0, 0.05) is 12.1 Å². The second-order valence-corrected chi connectivity index (χ2v) is 6.72. The maximum Gasteiger partial charge on any atom is 0.0914 e. The lowest BCUT2D eigenvalue weighted by Crippen LogP contribution is -2.51. The molecule has 20 heavy (non-hydrogen) atoms. The third kappa shape index (κ3) is 3.83. The van der Waals surface area contributed by atoms with Gasteiger partial charge in [-0.05, 0) is 49.1 Å². The van der Waals surface area contributed by atoms with E-state index < -0.39 is 6.10 Å². The molecule has 1 fully saturated rings. The van der Waals surface area contributed by atoms with E-state index in [-0.39, 0.29) is 0 Å². The number of aliphatic hydroxyl groups excluding tert-OH is 1. The average Bonchev–Trinajstić information content (AvgIpc) is 2.38. The summed E-state index contributed by atoms with van der Waals surface area (Å²) in [6, 6.07) is 8.45. The zero-order valence-corrected chi connectivity index (χ0v) is 13.2. The van der Waals surface area contributed by atoms with Gasteiger partial charge in [0.05, 0.1) is 6.10 Å². The Hall–Kier alpha value is -0.860. The Morgan fingerprint density at radius 1 is 1.20 bits per heavy atom. The van der Waals surface area contributed by atoms with Crippen LogP contribution in [0.3, 0.4) is 0 Å². The summed E-state index contributed by atoms with van der Waals surface area (Å²) in [5.41, 5.74) is 2.68. The number of hydrogen-bond donors (Lipinski definition) is 2. The molecule has 2 N–H and O–H groups in total. The van der Waals surface area contributed by atoms with Crippen molar-refractivity contribution in [2.45, 2.75) is 64.5 Å². The van der Waals surface area contributed by atoms with Crippen molar-refractivity contribution in [1.82, 2.24) is 5.32 Å². The van der Waals surface area contributed by atoms with Crippen molar-refractivity contribution >= 4 is 0 Å². The Labute approximate surface area is 123 Å². The van der Waals surface area contributed by atoms with Crippen LogP contribution in [0.25, 0.3) is 0 Å². The van der Waals surface area contributed by atoms with Gasteiger partial charge in [0.25, 0.3) is 0 Å². The molecule has 1 aliphatic rings. The number of β-amino-alcohol motifs (C(OH)–C–C–N with tert-alkyl or cyclic N) is 1. The number of aliphatic hydroxyl groups is 1. The molecular formula is C18H29NO. The summed E-state index contributed by atoms with van der Waals surface area (Å²) < 4.78 is 0. The van der Waals surface area contributed by atoms with Crippen molar-refractivity contribution < 1.29 is 5.11 Å². The predicted molar refractivity (Wildman–Crippen MR) is 84.8 cm³/mol. The predicted octanol–water partition coefficient (Wildman–Crippen LogP) is 3.84. The fraction of sp³-hybridized carbons (Fsp3) is 0.667. The normalized spacial score (nSPS) is 18.9. The van der Waals surface area contributed by atoms with Gasteiger partial charge in [0.1, 0.15) is 0 Å². The maximum absolute atomic E-state index is 10.3. The third-order valence-electron chi connectivity index (χ3n) is 4.67. The molecule has 1 aliphatic carbocycles. The first-order valence-electron chi connectivity index (χ1n) is 8.06. The van der Waals surface area contributed by atoms with Crippen LogP contribution in [0.1, 0.15) is 63.7 Å². The van der Waals surface area contributed by atoms with E-state index in [9.17, 15) is 5.11 Å². The molecule has 1 aromatic rings. The smallest absolute Gasteiger partial charge is 0.0914 e. The van der Waals surface area contributed by atoms with Crippen molar-refractivity contribution in [2.24, 2.45) is 5.92 Å². The van der Waals surface area contributed by atoms with E-state index in [1.165, 1.54) is 24.8 Å². The summed E-state index contributed by atoms with van der Waals surface area (Å²) >= 11 is 0. The Morgan fingerprint density at radius 3 is 2.30 bits per heavy atom. The first-order valence-corrected chi connectivity index (χ1v) is 8.06. The van der Waals surface area contributed by atoms with E-state index in [0.717, 1.165) is 18.4 Å². The minimum atomic E-state index is -0.396. The van der Waals surface area contributed by atoms with Crippen LogP contribution in [-0.2, 0) is 6.42 Å². The van der Waals surface area contributed by atoms with Crippen LogP contribution in [0, 0.1) is 5.92 Å². The third-order valence-corrected chi connectivity index (χ3v) is 4.67. The summed E-state index contributed by atoms with van der Waals surface area (Å²) in [6.45, 7) is 7.36. The zero-order valence-electron chi connectivity index (χ0n) is 13.2. The Morgan fingerprint density at radius 2 is 1.85 bits per heavy atom. The highest BCUT2D eigenvalue weighted by Gasteiger charge is 2.34. The monoisotopic (exact) mass is 275 g/mol. The molecule has 1 saturated carbocycles. The molecule has 0 heterocycles. The summed E-state index contributed by atoms with van der Waals surface area (Å²) in [7, 11) is 0. The summed E-state index contributed by atoms with van der Waals surface area (Å²) in [6.07, 6.45) is 5.70. The van der Waals surface area contributed by atoms with E-state index in [1.807, 2.05) is 0 Å². The molecule has 0 bridgehead atoms. The lowest BCUT2D eigenvalue weighted by molar-refractivity contribution is 0.119. The molecule has 0 amide bonds. The van der Waals surface area contributed by atoms with Crippen molar-refractivity contribution in [2.75, 3.05) is 6.54 Å². The minimum absolute atomic E-state index is 0.304. The number of hydrogen-bond acceptors (Lipinski definition) is 2. The molecular weight excluding hydrogens is 246 g/mol. The van der Waals surface area contributed by atoms with Crippen LogP contribution in [0.5, 0.6) is 0 Å². The first kappa shape index (κ1) is 15.5. The van der Waals surface area contributed by atoms with Gasteiger partial charge in [-0.15, -0.1) is 0 Å².